The summed E-state index contributed by atoms with van der Waals surface area (Å²) in [6.45, 7) is 0.322. The van der Waals surface area contributed by atoms with Gasteiger partial charge in [0.2, 0.25) is 0 Å². The third kappa shape index (κ3) is 4.34. The van der Waals surface area contributed by atoms with Crippen LogP contribution in [0.4, 0.5) is 0 Å². The summed E-state index contributed by atoms with van der Waals surface area (Å²) in [7, 11) is -3.48. The van der Waals surface area contributed by atoms with Gasteiger partial charge in [-0.1, -0.05) is 0 Å². The topological polar surface area (TPSA) is 95.4 Å². The predicted molar refractivity (Wildman–Crippen MR) is 32.7 cm³/mol. The molecule has 0 unspecified atom stereocenters. The molecule has 0 spiro atoms. The van der Waals surface area contributed by atoms with E-state index in [4.69, 9.17) is 5.73 Å². The van der Waals surface area contributed by atoms with E-state index in [-0.39, 0.29) is 5.75 Å². The first-order valence-electron chi connectivity index (χ1n) is 2.43. The lowest BCUT2D eigenvalue weighted by molar-refractivity contribution is 0.332. The van der Waals surface area contributed by atoms with Crippen LogP contribution in [0.5, 0.6) is 0 Å². The number of hydrogen-bond acceptors (Lipinski definition) is 5. The van der Waals surface area contributed by atoms with E-state index >= 15 is 0 Å². The van der Waals surface area contributed by atoms with Crippen LogP contribution in [-0.2, 0) is 14.4 Å². The Hall–Kier alpha value is -0.170. The molecule has 0 saturated carbocycles. The van der Waals surface area contributed by atoms with Gasteiger partial charge in [0.25, 0.3) is 10.1 Å². The third-order valence-electron chi connectivity index (χ3n) is 0.745. The zero-order valence-electron chi connectivity index (χ0n) is 4.91. The molecular formula is C3H10N2O3S. The van der Waals surface area contributed by atoms with Crippen LogP contribution in [0.2, 0.25) is 0 Å². The van der Waals surface area contributed by atoms with Gasteiger partial charge in [-0.3, -0.25) is 0 Å². The van der Waals surface area contributed by atoms with Crippen LogP contribution in [0.3, 0.4) is 0 Å². The normalized spacial score (nSPS) is 11.8. The maximum atomic E-state index is 10.4. The Balaban J connectivity index is 3.61. The van der Waals surface area contributed by atoms with Crippen molar-refractivity contribution >= 4 is 10.1 Å². The molecule has 0 aromatic carbocycles. The van der Waals surface area contributed by atoms with Gasteiger partial charge in [0, 0.05) is 0 Å². The first kappa shape index (κ1) is 8.83. The second-order valence-corrected chi connectivity index (χ2v) is 3.22. The number of hydrogen-bond donors (Lipinski definition) is 2. The van der Waals surface area contributed by atoms with Gasteiger partial charge in [0.15, 0.2) is 0 Å². The van der Waals surface area contributed by atoms with Gasteiger partial charge in [-0.15, -0.1) is 0 Å². The number of nitrogens with two attached hydrogens (primary N) is 2. The lowest BCUT2D eigenvalue weighted by Gasteiger charge is -1.96. The van der Waals surface area contributed by atoms with Crippen molar-refractivity contribution in [3.05, 3.63) is 0 Å². The van der Waals surface area contributed by atoms with Gasteiger partial charge >= 0.3 is 0 Å². The quantitative estimate of drug-likeness (QED) is 0.483. The molecule has 4 N–H and O–H groups in total. The maximum absolute atomic E-state index is 10.4. The Labute approximate surface area is 54.1 Å². The molecule has 6 heteroatoms. The Bertz CT molecular complexity index is 152. The second-order valence-electron chi connectivity index (χ2n) is 1.50. The molecule has 9 heavy (non-hydrogen) atoms. The Morgan fingerprint density at radius 1 is 1.44 bits per heavy atom. The summed E-state index contributed by atoms with van der Waals surface area (Å²) < 4.78 is 24.4. The molecule has 0 aromatic heterocycles. The highest BCUT2D eigenvalue weighted by Crippen LogP contribution is 1.89. The van der Waals surface area contributed by atoms with Crippen LogP contribution in [-0.4, -0.2) is 20.7 Å². The van der Waals surface area contributed by atoms with Crippen LogP contribution >= 0.6 is 0 Å². The summed E-state index contributed by atoms with van der Waals surface area (Å²) in [6.07, 6.45) is 0.375. The molecule has 0 radical (unpaired) electrons. The largest absolute Gasteiger partial charge is 0.330 e. The van der Waals surface area contributed by atoms with E-state index in [0.29, 0.717) is 13.0 Å². The fourth-order valence-electron chi connectivity index (χ4n) is 0.308. The molecule has 0 saturated heterocycles. The predicted octanol–water partition coefficient (Wildman–Crippen LogP) is -1.44. The molecule has 56 valence electrons. The first-order chi connectivity index (χ1) is 4.12. The van der Waals surface area contributed by atoms with Gasteiger partial charge in [0.05, 0.1) is 5.75 Å². The standard InChI is InChI=1S/C3H10N2O3S/c4-2-1-3-9(6,7)8-5/h1-5H2. The summed E-state index contributed by atoms with van der Waals surface area (Å²) in [5.41, 5.74) is 5.03. The summed E-state index contributed by atoms with van der Waals surface area (Å²) in [6, 6.07) is 0. The van der Waals surface area contributed by atoms with Crippen molar-refractivity contribution < 1.29 is 12.7 Å². The summed E-state index contributed by atoms with van der Waals surface area (Å²) >= 11 is 0. The summed E-state index contributed by atoms with van der Waals surface area (Å²) in [4.78, 5) is 0. The van der Waals surface area contributed by atoms with Crippen molar-refractivity contribution in [3.63, 3.8) is 0 Å². The molecule has 0 atom stereocenters. The van der Waals surface area contributed by atoms with Crippen molar-refractivity contribution in [2.24, 2.45) is 11.6 Å². The van der Waals surface area contributed by atoms with E-state index in [0.717, 1.165) is 0 Å². The first-order valence-corrected chi connectivity index (χ1v) is 4.01. The highest BCUT2D eigenvalue weighted by atomic mass is 32.2. The molecule has 0 aromatic rings. The second kappa shape index (κ2) is 3.78. The molecule has 5 nitrogen and oxygen atoms in total. The minimum Gasteiger partial charge on any atom is -0.330 e. The molecule has 0 fully saturated rings. The van der Waals surface area contributed by atoms with Gasteiger partial charge in [0.1, 0.15) is 0 Å². The van der Waals surface area contributed by atoms with Crippen LogP contribution < -0.4 is 11.6 Å². The minimum absolute atomic E-state index is 0.111. The zero-order valence-corrected chi connectivity index (χ0v) is 5.73. The average Bonchev–Trinajstić information content (AvgIpc) is 1.84. The Morgan fingerprint density at radius 2 is 2.00 bits per heavy atom. The fraction of sp³-hybridized carbons (Fsp3) is 1.00. The average molecular weight is 154 g/mol. The maximum Gasteiger partial charge on any atom is 0.283 e. The van der Waals surface area contributed by atoms with Gasteiger partial charge in [-0.05, 0) is 13.0 Å². The molecule has 0 amide bonds. The monoisotopic (exact) mass is 154 g/mol. The molecule has 0 rings (SSSR count). The van der Waals surface area contributed by atoms with Gasteiger partial charge < -0.3 is 5.73 Å². The summed E-state index contributed by atoms with van der Waals surface area (Å²) in [5.74, 6) is 4.31. The molecule has 0 aliphatic heterocycles. The zero-order chi connectivity index (χ0) is 7.33. The van der Waals surface area contributed by atoms with Crippen molar-refractivity contribution in [1.29, 1.82) is 0 Å². The van der Waals surface area contributed by atoms with Crippen LogP contribution in [0.25, 0.3) is 0 Å². The Kier molecular flexibility index (Phi) is 3.71. The van der Waals surface area contributed by atoms with E-state index in [9.17, 15) is 8.42 Å². The number of rotatable bonds is 4. The van der Waals surface area contributed by atoms with E-state index in [2.05, 4.69) is 10.2 Å². The van der Waals surface area contributed by atoms with Gasteiger partial charge in [-0.2, -0.15) is 18.6 Å². The van der Waals surface area contributed by atoms with E-state index < -0.39 is 10.1 Å². The third-order valence-corrected chi connectivity index (χ3v) is 1.83. The van der Waals surface area contributed by atoms with Crippen LogP contribution in [0.15, 0.2) is 0 Å². The van der Waals surface area contributed by atoms with Crippen LogP contribution in [0, 0.1) is 0 Å². The van der Waals surface area contributed by atoms with E-state index in [1.165, 1.54) is 0 Å². The van der Waals surface area contributed by atoms with Crippen molar-refractivity contribution in [2.75, 3.05) is 12.3 Å². The van der Waals surface area contributed by atoms with Crippen molar-refractivity contribution in [2.45, 2.75) is 6.42 Å². The van der Waals surface area contributed by atoms with E-state index in [1.54, 1.807) is 0 Å². The molecular weight excluding hydrogens is 144 g/mol. The van der Waals surface area contributed by atoms with Crippen LogP contribution in [0.1, 0.15) is 6.42 Å². The fourth-order valence-corrected chi connectivity index (χ4v) is 0.925. The minimum atomic E-state index is -3.48. The smallest absolute Gasteiger partial charge is 0.283 e. The molecule has 0 aliphatic rings. The lowest BCUT2D eigenvalue weighted by Crippen LogP contribution is -2.17. The van der Waals surface area contributed by atoms with Crippen molar-refractivity contribution in [1.82, 2.24) is 0 Å². The molecule has 0 heterocycles. The summed E-state index contributed by atoms with van der Waals surface area (Å²) in [5, 5.41) is 0. The SMILES string of the molecule is NCCCS(=O)(=O)ON. The van der Waals surface area contributed by atoms with E-state index in [1.807, 2.05) is 0 Å². The van der Waals surface area contributed by atoms with Crippen molar-refractivity contribution in [3.8, 4) is 0 Å². The Morgan fingerprint density at radius 3 is 2.33 bits per heavy atom. The highest BCUT2D eigenvalue weighted by Gasteiger charge is 2.06. The molecule has 0 bridgehead atoms. The highest BCUT2D eigenvalue weighted by molar-refractivity contribution is 7.86. The van der Waals surface area contributed by atoms with Gasteiger partial charge in [-0.25, -0.2) is 0 Å². The lowest BCUT2D eigenvalue weighted by atomic mass is 10.5. The molecule has 0 aliphatic carbocycles.